The highest BCUT2D eigenvalue weighted by atomic mass is 79.9. The minimum atomic E-state index is -0.0603. The Balaban J connectivity index is 3.01. The van der Waals surface area contributed by atoms with Crippen molar-refractivity contribution in [2.75, 3.05) is 20.3 Å². The van der Waals surface area contributed by atoms with Crippen LogP contribution in [0.3, 0.4) is 0 Å². The van der Waals surface area contributed by atoms with Gasteiger partial charge in [0.05, 0.1) is 24.8 Å². The van der Waals surface area contributed by atoms with Gasteiger partial charge in [0.25, 0.3) is 0 Å². The summed E-state index contributed by atoms with van der Waals surface area (Å²) in [6.07, 6.45) is 0. The van der Waals surface area contributed by atoms with Crippen LogP contribution in [0.1, 0.15) is 5.56 Å². The minimum absolute atomic E-state index is 0.0582. The molecule has 2 N–H and O–H groups in total. The molecular weight excluding hydrogens is 264 g/mol. The van der Waals surface area contributed by atoms with Crippen molar-refractivity contribution in [2.45, 2.75) is 6.61 Å². The second-order valence-electron chi connectivity index (χ2n) is 2.84. The summed E-state index contributed by atoms with van der Waals surface area (Å²) in [7, 11) is 1.52. The normalized spacial score (nSPS) is 10.1. The Morgan fingerprint density at radius 1 is 1.33 bits per heavy atom. The van der Waals surface area contributed by atoms with Crippen molar-refractivity contribution in [1.82, 2.24) is 0 Å². The molecule has 0 atom stereocenters. The van der Waals surface area contributed by atoms with Gasteiger partial charge in [-0.05, 0) is 33.6 Å². The average Bonchev–Trinajstić information content (AvgIpc) is 2.26. The summed E-state index contributed by atoms with van der Waals surface area (Å²) in [4.78, 5) is 0. The molecule has 15 heavy (non-hydrogen) atoms. The fraction of sp³-hybridized carbons (Fsp3) is 0.400. The van der Waals surface area contributed by atoms with Crippen LogP contribution < -0.4 is 9.47 Å². The molecule has 0 aliphatic carbocycles. The number of halogens is 1. The largest absolute Gasteiger partial charge is 0.493 e. The quantitative estimate of drug-likeness (QED) is 0.852. The lowest BCUT2D eigenvalue weighted by Crippen LogP contribution is -2.04. The highest BCUT2D eigenvalue weighted by molar-refractivity contribution is 9.10. The first-order valence-electron chi connectivity index (χ1n) is 4.43. The van der Waals surface area contributed by atoms with Gasteiger partial charge in [0.15, 0.2) is 11.5 Å². The molecule has 0 bridgehead atoms. The first-order valence-corrected chi connectivity index (χ1v) is 5.23. The molecule has 0 amide bonds. The zero-order chi connectivity index (χ0) is 11.3. The van der Waals surface area contributed by atoms with Crippen LogP contribution in [0.4, 0.5) is 0 Å². The van der Waals surface area contributed by atoms with E-state index in [2.05, 4.69) is 15.9 Å². The molecular formula is C10H13BrO4. The van der Waals surface area contributed by atoms with Crippen LogP contribution >= 0.6 is 15.9 Å². The van der Waals surface area contributed by atoms with Crippen molar-refractivity contribution in [3.8, 4) is 11.5 Å². The first kappa shape index (κ1) is 12.3. The van der Waals surface area contributed by atoms with Gasteiger partial charge in [0.2, 0.25) is 0 Å². The van der Waals surface area contributed by atoms with Gasteiger partial charge in [0, 0.05) is 0 Å². The highest BCUT2D eigenvalue weighted by Gasteiger charge is 2.10. The van der Waals surface area contributed by atoms with Crippen LogP contribution in [0.25, 0.3) is 0 Å². The van der Waals surface area contributed by atoms with Crippen LogP contribution in [0, 0.1) is 0 Å². The fourth-order valence-corrected chi connectivity index (χ4v) is 1.76. The number of methoxy groups -OCH3 is 1. The number of aliphatic hydroxyl groups excluding tert-OH is 2. The molecule has 0 aliphatic rings. The van der Waals surface area contributed by atoms with Gasteiger partial charge >= 0.3 is 0 Å². The molecule has 0 fully saturated rings. The maximum Gasteiger partial charge on any atom is 0.175 e. The molecule has 0 unspecified atom stereocenters. The number of hydrogen-bond acceptors (Lipinski definition) is 4. The summed E-state index contributed by atoms with van der Waals surface area (Å²) < 4.78 is 11.1. The highest BCUT2D eigenvalue weighted by Crippen LogP contribution is 2.36. The lowest BCUT2D eigenvalue weighted by Gasteiger charge is -2.12. The standard InChI is InChI=1S/C10H13BrO4/c1-14-9-5-7(6-13)4-8(11)10(9)15-3-2-12/h4-5,12-13H,2-3,6H2,1H3. The third-order valence-corrected chi connectivity index (χ3v) is 2.40. The van der Waals surface area contributed by atoms with Crippen molar-refractivity contribution < 1.29 is 19.7 Å². The van der Waals surface area contributed by atoms with Crippen LogP contribution in [-0.2, 0) is 6.61 Å². The van der Waals surface area contributed by atoms with Crippen LogP contribution in [0.2, 0.25) is 0 Å². The molecule has 4 nitrogen and oxygen atoms in total. The molecule has 0 spiro atoms. The average molecular weight is 277 g/mol. The van der Waals surface area contributed by atoms with Crippen LogP contribution in [-0.4, -0.2) is 30.5 Å². The van der Waals surface area contributed by atoms with Gasteiger partial charge in [-0.1, -0.05) is 0 Å². The molecule has 1 aromatic carbocycles. The Bertz CT molecular complexity index is 327. The lowest BCUT2D eigenvalue weighted by atomic mass is 10.2. The Morgan fingerprint density at radius 3 is 2.60 bits per heavy atom. The second kappa shape index (κ2) is 5.95. The van der Waals surface area contributed by atoms with Crippen LogP contribution in [0.15, 0.2) is 16.6 Å². The Kier molecular flexibility index (Phi) is 4.87. The summed E-state index contributed by atoms with van der Waals surface area (Å²) >= 11 is 3.31. The molecule has 0 heterocycles. The molecule has 0 saturated carbocycles. The number of aliphatic hydroxyl groups is 2. The van der Waals surface area contributed by atoms with Crippen molar-refractivity contribution in [3.05, 3.63) is 22.2 Å². The second-order valence-corrected chi connectivity index (χ2v) is 3.69. The van der Waals surface area contributed by atoms with Crippen molar-refractivity contribution in [1.29, 1.82) is 0 Å². The van der Waals surface area contributed by atoms with Crippen molar-refractivity contribution >= 4 is 15.9 Å². The summed E-state index contributed by atoms with van der Waals surface area (Å²) in [6, 6.07) is 3.44. The molecule has 0 aliphatic heterocycles. The van der Waals surface area contributed by atoms with E-state index in [9.17, 15) is 0 Å². The predicted octanol–water partition coefficient (Wildman–Crippen LogP) is 1.32. The van der Waals surface area contributed by atoms with Crippen molar-refractivity contribution in [2.24, 2.45) is 0 Å². The topological polar surface area (TPSA) is 58.9 Å². The molecule has 0 radical (unpaired) electrons. The predicted molar refractivity (Wildman–Crippen MR) is 59.2 cm³/mol. The van der Waals surface area contributed by atoms with Gasteiger partial charge in [-0.2, -0.15) is 0 Å². The molecule has 0 saturated heterocycles. The van der Waals surface area contributed by atoms with E-state index >= 15 is 0 Å². The van der Waals surface area contributed by atoms with Crippen LogP contribution in [0.5, 0.6) is 11.5 Å². The maximum atomic E-state index is 8.99. The molecule has 84 valence electrons. The van der Waals surface area contributed by atoms with E-state index in [0.29, 0.717) is 16.0 Å². The first-order chi connectivity index (χ1) is 7.22. The number of benzene rings is 1. The van der Waals surface area contributed by atoms with Gasteiger partial charge in [0.1, 0.15) is 6.61 Å². The monoisotopic (exact) mass is 276 g/mol. The van der Waals surface area contributed by atoms with E-state index < -0.39 is 0 Å². The summed E-state index contributed by atoms with van der Waals surface area (Å²) in [5.74, 6) is 1.06. The summed E-state index contributed by atoms with van der Waals surface area (Å²) in [5.41, 5.74) is 0.732. The molecule has 5 heteroatoms. The Morgan fingerprint density at radius 2 is 2.07 bits per heavy atom. The minimum Gasteiger partial charge on any atom is -0.493 e. The molecule has 0 aromatic heterocycles. The lowest BCUT2D eigenvalue weighted by molar-refractivity contribution is 0.195. The van der Waals surface area contributed by atoms with E-state index in [4.69, 9.17) is 19.7 Å². The smallest absolute Gasteiger partial charge is 0.175 e. The van der Waals surface area contributed by atoms with E-state index in [1.807, 2.05) is 0 Å². The SMILES string of the molecule is COc1cc(CO)cc(Br)c1OCCO. The number of hydrogen-bond donors (Lipinski definition) is 2. The van der Waals surface area contributed by atoms with E-state index in [1.165, 1.54) is 7.11 Å². The number of rotatable bonds is 5. The third kappa shape index (κ3) is 3.09. The maximum absolute atomic E-state index is 8.99. The Labute approximate surface area is 96.6 Å². The molecule has 1 rings (SSSR count). The summed E-state index contributed by atoms with van der Waals surface area (Å²) in [6.45, 7) is 0.0834. The zero-order valence-electron chi connectivity index (χ0n) is 8.36. The van der Waals surface area contributed by atoms with E-state index in [0.717, 1.165) is 5.56 Å². The summed E-state index contributed by atoms with van der Waals surface area (Å²) in [5, 5.41) is 17.7. The Hall–Kier alpha value is -0.780. The molecule has 1 aromatic rings. The zero-order valence-corrected chi connectivity index (χ0v) is 9.95. The van der Waals surface area contributed by atoms with Gasteiger partial charge in [-0.15, -0.1) is 0 Å². The van der Waals surface area contributed by atoms with Gasteiger partial charge in [-0.25, -0.2) is 0 Å². The van der Waals surface area contributed by atoms with Crippen molar-refractivity contribution in [3.63, 3.8) is 0 Å². The van der Waals surface area contributed by atoms with Gasteiger partial charge in [-0.3, -0.25) is 0 Å². The number of ether oxygens (including phenoxy) is 2. The van der Waals surface area contributed by atoms with E-state index in [-0.39, 0.29) is 19.8 Å². The van der Waals surface area contributed by atoms with Gasteiger partial charge < -0.3 is 19.7 Å². The van der Waals surface area contributed by atoms with E-state index in [1.54, 1.807) is 12.1 Å². The third-order valence-electron chi connectivity index (χ3n) is 1.81. The fourth-order valence-electron chi connectivity index (χ4n) is 1.15.